The standard InChI is InChI=1S/C14H14N4O2S/c1-10-9-16-14(18(10)2)21(19,20)17-12-7-3-5-11-6-4-8-15-13(11)12/h3-9,17H,1-2H3. The molecular formula is C14H14N4O2S. The van der Waals surface area contributed by atoms with Crippen LogP contribution in [0.3, 0.4) is 0 Å². The summed E-state index contributed by atoms with van der Waals surface area (Å²) in [5, 5.41) is 0.849. The first-order valence-corrected chi connectivity index (χ1v) is 7.82. The van der Waals surface area contributed by atoms with Crippen LogP contribution in [0, 0.1) is 6.92 Å². The highest BCUT2D eigenvalue weighted by molar-refractivity contribution is 7.92. The van der Waals surface area contributed by atoms with Crippen molar-refractivity contribution in [1.82, 2.24) is 14.5 Å². The van der Waals surface area contributed by atoms with E-state index in [9.17, 15) is 8.42 Å². The van der Waals surface area contributed by atoms with Crippen LogP contribution in [0.4, 0.5) is 5.69 Å². The van der Waals surface area contributed by atoms with Gasteiger partial charge >= 0.3 is 0 Å². The maximum atomic E-state index is 12.5. The Morgan fingerprint density at radius 2 is 1.90 bits per heavy atom. The monoisotopic (exact) mass is 302 g/mol. The van der Waals surface area contributed by atoms with Gasteiger partial charge in [-0.1, -0.05) is 18.2 Å². The minimum absolute atomic E-state index is 0.0204. The summed E-state index contributed by atoms with van der Waals surface area (Å²) < 4.78 is 29.0. The minimum Gasteiger partial charge on any atom is -0.321 e. The topological polar surface area (TPSA) is 76.9 Å². The second-order valence-corrected chi connectivity index (χ2v) is 6.30. The summed E-state index contributed by atoms with van der Waals surface area (Å²) >= 11 is 0. The highest BCUT2D eigenvalue weighted by Crippen LogP contribution is 2.23. The van der Waals surface area contributed by atoms with E-state index < -0.39 is 10.0 Å². The molecule has 6 nitrogen and oxygen atoms in total. The molecule has 1 N–H and O–H groups in total. The first-order chi connectivity index (χ1) is 9.99. The molecular weight excluding hydrogens is 288 g/mol. The van der Waals surface area contributed by atoms with Gasteiger partial charge < -0.3 is 4.57 Å². The molecule has 3 rings (SSSR count). The molecule has 0 saturated carbocycles. The van der Waals surface area contributed by atoms with E-state index in [1.807, 2.05) is 18.2 Å². The van der Waals surface area contributed by atoms with Crippen molar-refractivity contribution in [1.29, 1.82) is 0 Å². The third-order valence-corrected chi connectivity index (χ3v) is 4.64. The van der Waals surface area contributed by atoms with E-state index in [1.54, 1.807) is 32.3 Å². The van der Waals surface area contributed by atoms with Crippen molar-refractivity contribution in [2.75, 3.05) is 4.72 Å². The molecule has 2 aromatic heterocycles. The summed E-state index contributed by atoms with van der Waals surface area (Å²) in [5.41, 5.74) is 1.81. The molecule has 108 valence electrons. The van der Waals surface area contributed by atoms with Crippen molar-refractivity contribution in [2.24, 2.45) is 7.05 Å². The lowest BCUT2D eigenvalue weighted by atomic mass is 10.2. The number of aryl methyl sites for hydroxylation is 1. The van der Waals surface area contributed by atoms with E-state index >= 15 is 0 Å². The largest absolute Gasteiger partial charge is 0.321 e. The van der Waals surface area contributed by atoms with Crippen LogP contribution >= 0.6 is 0 Å². The zero-order valence-electron chi connectivity index (χ0n) is 11.6. The van der Waals surface area contributed by atoms with Gasteiger partial charge in [-0.05, 0) is 19.1 Å². The van der Waals surface area contributed by atoms with Gasteiger partial charge in [0.2, 0.25) is 5.16 Å². The molecule has 0 spiro atoms. The second kappa shape index (κ2) is 4.85. The SMILES string of the molecule is Cc1cnc(S(=O)(=O)Nc2cccc3cccnc23)n1C. The van der Waals surface area contributed by atoms with Crippen LogP contribution in [-0.2, 0) is 17.1 Å². The van der Waals surface area contributed by atoms with Crippen molar-refractivity contribution < 1.29 is 8.42 Å². The molecule has 0 aliphatic carbocycles. The van der Waals surface area contributed by atoms with E-state index in [-0.39, 0.29) is 5.16 Å². The van der Waals surface area contributed by atoms with Gasteiger partial charge in [-0.15, -0.1) is 0 Å². The molecule has 0 amide bonds. The lowest BCUT2D eigenvalue weighted by molar-refractivity contribution is 0.583. The van der Waals surface area contributed by atoms with Crippen LogP contribution in [0.5, 0.6) is 0 Å². The van der Waals surface area contributed by atoms with Crippen LogP contribution in [0.15, 0.2) is 47.9 Å². The van der Waals surface area contributed by atoms with E-state index in [1.165, 1.54) is 10.8 Å². The Hall–Kier alpha value is -2.41. The predicted octanol–water partition coefficient (Wildman–Crippen LogP) is 2.08. The average molecular weight is 302 g/mol. The van der Waals surface area contributed by atoms with Gasteiger partial charge in [0.05, 0.1) is 11.2 Å². The molecule has 0 bridgehead atoms. The van der Waals surface area contributed by atoms with Crippen LogP contribution in [-0.4, -0.2) is 23.0 Å². The number of rotatable bonds is 3. The van der Waals surface area contributed by atoms with E-state index in [4.69, 9.17) is 0 Å². The molecule has 0 unspecified atom stereocenters. The minimum atomic E-state index is -3.75. The predicted molar refractivity (Wildman–Crippen MR) is 80.5 cm³/mol. The number of pyridine rings is 1. The number of nitrogens with zero attached hydrogens (tertiary/aromatic N) is 3. The van der Waals surface area contributed by atoms with Gasteiger partial charge in [-0.25, -0.2) is 4.98 Å². The second-order valence-electron chi connectivity index (χ2n) is 4.73. The number of sulfonamides is 1. The Balaban J connectivity index is 2.08. The lowest BCUT2D eigenvalue weighted by Gasteiger charge is -2.10. The smallest absolute Gasteiger partial charge is 0.295 e. The van der Waals surface area contributed by atoms with Crippen LogP contribution in [0.1, 0.15) is 5.69 Å². The average Bonchev–Trinajstić information content (AvgIpc) is 2.80. The third-order valence-electron chi connectivity index (χ3n) is 3.30. The zero-order valence-corrected chi connectivity index (χ0v) is 12.4. The van der Waals surface area contributed by atoms with Gasteiger partial charge in [0.15, 0.2) is 0 Å². The fourth-order valence-electron chi connectivity index (χ4n) is 2.10. The molecule has 1 aromatic carbocycles. The van der Waals surface area contributed by atoms with Crippen molar-refractivity contribution in [3.8, 4) is 0 Å². The summed E-state index contributed by atoms with van der Waals surface area (Å²) in [4.78, 5) is 8.19. The fraction of sp³-hybridized carbons (Fsp3) is 0.143. The molecule has 0 radical (unpaired) electrons. The van der Waals surface area contributed by atoms with Gasteiger partial charge in [-0.2, -0.15) is 8.42 Å². The zero-order chi connectivity index (χ0) is 15.0. The molecule has 0 atom stereocenters. The Kier molecular flexibility index (Phi) is 3.13. The van der Waals surface area contributed by atoms with Gasteiger partial charge in [0.1, 0.15) is 0 Å². The third kappa shape index (κ3) is 2.36. The highest BCUT2D eigenvalue weighted by atomic mass is 32.2. The van der Waals surface area contributed by atoms with Crippen LogP contribution in [0.25, 0.3) is 10.9 Å². The molecule has 21 heavy (non-hydrogen) atoms. The van der Waals surface area contributed by atoms with Gasteiger partial charge in [-0.3, -0.25) is 9.71 Å². The summed E-state index contributed by atoms with van der Waals surface area (Å²) in [6, 6.07) is 9.03. The quantitative estimate of drug-likeness (QED) is 0.803. The Bertz CT molecular complexity index is 910. The van der Waals surface area contributed by atoms with E-state index in [0.717, 1.165) is 11.1 Å². The Labute approximate surface area is 122 Å². The number of hydrogen-bond donors (Lipinski definition) is 1. The van der Waals surface area contributed by atoms with E-state index in [2.05, 4.69) is 14.7 Å². The maximum Gasteiger partial charge on any atom is 0.295 e. The van der Waals surface area contributed by atoms with Crippen molar-refractivity contribution in [3.63, 3.8) is 0 Å². The summed E-state index contributed by atoms with van der Waals surface area (Å²) in [6.07, 6.45) is 3.15. The van der Waals surface area contributed by atoms with Crippen LogP contribution in [0.2, 0.25) is 0 Å². The Morgan fingerprint density at radius 3 is 2.62 bits per heavy atom. The molecule has 3 aromatic rings. The molecule has 7 heteroatoms. The highest BCUT2D eigenvalue weighted by Gasteiger charge is 2.21. The number of imidazole rings is 1. The normalized spacial score (nSPS) is 11.7. The van der Waals surface area contributed by atoms with Crippen molar-refractivity contribution >= 4 is 26.6 Å². The number of fused-ring (bicyclic) bond motifs is 1. The summed E-state index contributed by atoms with van der Waals surface area (Å²) in [7, 11) is -2.09. The van der Waals surface area contributed by atoms with Gasteiger partial charge in [0.25, 0.3) is 10.0 Å². The first kappa shape index (κ1) is 13.6. The molecule has 0 fully saturated rings. The molecule has 0 saturated heterocycles. The molecule has 0 aliphatic heterocycles. The molecule has 2 heterocycles. The maximum absolute atomic E-state index is 12.5. The van der Waals surface area contributed by atoms with Crippen LogP contribution < -0.4 is 4.72 Å². The Morgan fingerprint density at radius 1 is 1.14 bits per heavy atom. The number of nitrogens with one attached hydrogen (secondary N) is 1. The molecule has 0 aliphatic rings. The number of para-hydroxylation sites is 1. The lowest BCUT2D eigenvalue weighted by Crippen LogP contribution is -2.18. The number of aromatic nitrogens is 3. The first-order valence-electron chi connectivity index (χ1n) is 6.34. The van der Waals surface area contributed by atoms with Crippen molar-refractivity contribution in [2.45, 2.75) is 12.1 Å². The fourth-order valence-corrected chi connectivity index (χ4v) is 3.34. The van der Waals surface area contributed by atoms with Gasteiger partial charge in [0, 0.05) is 30.5 Å². The number of hydrogen-bond acceptors (Lipinski definition) is 4. The summed E-state index contributed by atoms with van der Waals surface area (Å²) in [5.74, 6) is 0. The number of anilines is 1. The van der Waals surface area contributed by atoms with E-state index in [0.29, 0.717) is 11.2 Å². The summed E-state index contributed by atoms with van der Waals surface area (Å²) in [6.45, 7) is 1.80. The van der Waals surface area contributed by atoms with Crippen molar-refractivity contribution in [3.05, 3.63) is 48.4 Å². The number of benzene rings is 1.